The van der Waals surface area contributed by atoms with Crippen molar-refractivity contribution in [1.29, 1.82) is 5.26 Å². The molecule has 0 aliphatic rings. The maximum atomic E-state index is 14.1. The van der Waals surface area contributed by atoms with E-state index in [0.717, 1.165) is 11.0 Å². The van der Waals surface area contributed by atoms with Crippen LogP contribution in [0.4, 0.5) is 10.1 Å². The van der Waals surface area contributed by atoms with Gasteiger partial charge in [0.15, 0.2) is 5.16 Å². The number of imidazole rings is 1. The van der Waals surface area contributed by atoms with Gasteiger partial charge < -0.3 is 9.47 Å². The van der Waals surface area contributed by atoms with Crippen LogP contribution >= 0.6 is 23.4 Å². The van der Waals surface area contributed by atoms with Gasteiger partial charge in [-0.05, 0) is 30.3 Å². The zero-order valence-electron chi connectivity index (χ0n) is 14.5. The van der Waals surface area contributed by atoms with Crippen LogP contribution in [0.3, 0.4) is 0 Å². The Bertz CT molecular complexity index is 1030. The number of aryl methyl sites for hydroxylation is 1. The van der Waals surface area contributed by atoms with E-state index in [9.17, 15) is 9.18 Å². The largest absolute Gasteiger partial charge is 0.322 e. The van der Waals surface area contributed by atoms with Crippen LogP contribution in [0, 0.1) is 17.1 Å². The lowest BCUT2D eigenvalue weighted by Gasteiger charge is -2.22. The fourth-order valence-corrected chi connectivity index (χ4v) is 3.73. The topological polar surface area (TPSA) is 61.9 Å². The molecule has 5 nitrogen and oxygen atoms in total. The molecule has 0 saturated carbocycles. The van der Waals surface area contributed by atoms with E-state index in [0.29, 0.717) is 10.2 Å². The predicted octanol–water partition coefficient (Wildman–Crippen LogP) is 4.40. The summed E-state index contributed by atoms with van der Waals surface area (Å²) in [6.45, 7) is 0.134. The number of aromatic nitrogens is 2. The van der Waals surface area contributed by atoms with Crippen LogP contribution in [0.15, 0.2) is 47.6 Å². The zero-order valence-corrected chi connectivity index (χ0v) is 16.1. The summed E-state index contributed by atoms with van der Waals surface area (Å²) >= 11 is 7.26. The van der Waals surface area contributed by atoms with Crippen LogP contribution in [0.25, 0.3) is 11.0 Å². The second-order valence-electron chi connectivity index (χ2n) is 5.78. The number of benzene rings is 2. The number of nitrogens with zero attached hydrogens (tertiary/aromatic N) is 4. The van der Waals surface area contributed by atoms with Crippen molar-refractivity contribution in [3.05, 3.63) is 53.3 Å². The first-order chi connectivity index (χ1) is 13.0. The summed E-state index contributed by atoms with van der Waals surface area (Å²) in [7, 11) is 1.86. The van der Waals surface area contributed by atoms with E-state index in [-0.39, 0.29) is 30.3 Å². The number of rotatable bonds is 6. The highest BCUT2D eigenvalue weighted by atomic mass is 35.5. The van der Waals surface area contributed by atoms with Crippen LogP contribution in [-0.4, -0.2) is 27.8 Å². The first kappa shape index (κ1) is 19.2. The molecule has 0 atom stereocenters. The number of anilines is 1. The summed E-state index contributed by atoms with van der Waals surface area (Å²) in [4.78, 5) is 18.5. The Hall–Kier alpha value is -2.56. The average Bonchev–Trinajstić information content (AvgIpc) is 2.96. The quantitative estimate of drug-likeness (QED) is 0.573. The smallest absolute Gasteiger partial charge is 0.237 e. The zero-order chi connectivity index (χ0) is 19.4. The molecule has 1 heterocycles. The molecule has 0 radical (unpaired) electrons. The van der Waals surface area contributed by atoms with Gasteiger partial charge in [-0.2, -0.15) is 5.26 Å². The number of thioether (sulfide) groups is 1. The minimum absolute atomic E-state index is 0.0741. The third-order valence-electron chi connectivity index (χ3n) is 4.02. The van der Waals surface area contributed by atoms with Crippen molar-refractivity contribution in [1.82, 2.24) is 9.55 Å². The van der Waals surface area contributed by atoms with Crippen LogP contribution in [-0.2, 0) is 11.8 Å². The van der Waals surface area contributed by atoms with Crippen LogP contribution in [0.1, 0.15) is 6.42 Å². The maximum absolute atomic E-state index is 14.1. The molecule has 27 heavy (non-hydrogen) atoms. The molecule has 138 valence electrons. The van der Waals surface area contributed by atoms with Gasteiger partial charge in [0.25, 0.3) is 0 Å². The molecule has 0 unspecified atom stereocenters. The lowest BCUT2D eigenvalue weighted by atomic mass is 10.2. The molecule has 0 bridgehead atoms. The molecular weight excluding hydrogens is 387 g/mol. The standard InChI is InChI=1S/C19H16ClFN4OS/c1-24-17-8-7-13(20)11-15(17)23-19(24)27-12-18(26)25(10-4-9-22)16-6-3-2-5-14(16)21/h2-3,5-8,11H,4,10,12H2,1H3. The summed E-state index contributed by atoms with van der Waals surface area (Å²) in [5.74, 6) is -0.707. The van der Waals surface area contributed by atoms with Gasteiger partial charge >= 0.3 is 0 Å². The van der Waals surface area contributed by atoms with Crippen molar-refractivity contribution < 1.29 is 9.18 Å². The number of carbonyl (C=O) groups is 1. The van der Waals surface area contributed by atoms with E-state index in [2.05, 4.69) is 4.98 Å². The normalized spacial score (nSPS) is 10.7. The predicted molar refractivity (Wildman–Crippen MR) is 105 cm³/mol. The lowest BCUT2D eigenvalue weighted by molar-refractivity contribution is -0.116. The number of halogens is 2. The molecule has 3 rings (SSSR count). The molecule has 0 N–H and O–H groups in total. The van der Waals surface area contributed by atoms with E-state index >= 15 is 0 Å². The van der Waals surface area contributed by atoms with E-state index in [1.165, 1.54) is 28.8 Å². The number of nitriles is 1. The summed E-state index contributed by atoms with van der Waals surface area (Å²) in [5, 5.41) is 10.1. The van der Waals surface area contributed by atoms with Gasteiger partial charge in [0, 0.05) is 18.6 Å². The fraction of sp³-hybridized carbons (Fsp3) is 0.211. The molecule has 0 spiro atoms. The molecule has 3 aromatic rings. The Morgan fingerprint density at radius 2 is 2.15 bits per heavy atom. The summed E-state index contributed by atoms with van der Waals surface area (Å²) in [6.07, 6.45) is 0.121. The SMILES string of the molecule is Cn1c(SCC(=O)N(CCC#N)c2ccccc2F)nc2cc(Cl)ccc21. The molecular formula is C19H16ClFN4OS. The van der Waals surface area contributed by atoms with Gasteiger partial charge in [0.1, 0.15) is 5.82 Å². The van der Waals surface area contributed by atoms with E-state index in [4.69, 9.17) is 16.9 Å². The van der Waals surface area contributed by atoms with Gasteiger partial charge in [-0.25, -0.2) is 9.37 Å². The molecule has 2 aromatic carbocycles. The second kappa shape index (κ2) is 8.42. The first-order valence-electron chi connectivity index (χ1n) is 8.18. The fourth-order valence-electron chi connectivity index (χ4n) is 2.70. The summed E-state index contributed by atoms with van der Waals surface area (Å²) < 4.78 is 16.0. The maximum Gasteiger partial charge on any atom is 0.237 e. The van der Waals surface area contributed by atoms with Crippen LogP contribution in [0.5, 0.6) is 0 Å². The Kier molecular flexibility index (Phi) is 5.99. The monoisotopic (exact) mass is 402 g/mol. The van der Waals surface area contributed by atoms with Crippen LogP contribution < -0.4 is 4.90 Å². The highest BCUT2D eigenvalue weighted by Gasteiger charge is 2.20. The Morgan fingerprint density at radius 1 is 1.37 bits per heavy atom. The van der Waals surface area contributed by atoms with Gasteiger partial charge in [-0.15, -0.1) is 0 Å². The minimum atomic E-state index is -0.494. The number of fused-ring (bicyclic) bond motifs is 1. The molecule has 0 aliphatic carbocycles. The highest BCUT2D eigenvalue weighted by Crippen LogP contribution is 2.26. The number of carbonyl (C=O) groups excluding carboxylic acids is 1. The number of para-hydroxylation sites is 1. The highest BCUT2D eigenvalue weighted by molar-refractivity contribution is 7.99. The molecule has 1 aromatic heterocycles. The second-order valence-corrected chi connectivity index (χ2v) is 7.16. The molecule has 1 amide bonds. The van der Waals surface area contributed by atoms with Crippen molar-refractivity contribution in [3.8, 4) is 6.07 Å². The molecule has 0 fully saturated rings. The van der Waals surface area contributed by atoms with Gasteiger partial charge in [0.05, 0.1) is 35.0 Å². The van der Waals surface area contributed by atoms with Crippen molar-refractivity contribution in [2.24, 2.45) is 7.05 Å². The van der Waals surface area contributed by atoms with Gasteiger partial charge in [-0.3, -0.25) is 4.79 Å². The summed E-state index contributed by atoms with van der Waals surface area (Å²) in [6, 6.07) is 13.5. The van der Waals surface area contributed by atoms with Gasteiger partial charge in [0.2, 0.25) is 5.91 Å². The van der Waals surface area contributed by atoms with Crippen molar-refractivity contribution in [2.75, 3.05) is 17.2 Å². The number of hydrogen-bond donors (Lipinski definition) is 0. The third-order valence-corrected chi connectivity index (χ3v) is 5.27. The van der Waals surface area contributed by atoms with Crippen molar-refractivity contribution >= 4 is 46.0 Å². The molecule has 0 aliphatic heterocycles. The van der Waals surface area contributed by atoms with Gasteiger partial charge in [-0.1, -0.05) is 35.5 Å². The van der Waals surface area contributed by atoms with E-state index in [1.54, 1.807) is 24.3 Å². The van der Waals surface area contributed by atoms with Crippen molar-refractivity contribution in [3.63, 3.8) is 0 Å². The Balaban J connectivity index is 1.79. The third kappa shape index (κ3) is 4.24. The Labute approximate surface area is 165 Å². The van der Waals surface area contributed by atoms with Crippen LogP contribution in [0.2, 0.25) is 5.02 Å². The lowest BCUT2D eigenvalue weighted by Crippen LogP contribution is -2.34. The number of hydrogen-bond acceptors (Lipinski definition) is 4. The molecule has 8 heteroatoms. The Morgan fingerprint density at radius 3 is 2.89 bits per heavy atom. The van der Waals surface area contributed by atoms with Crippen molar-refractivity contribution in [2.45, 2.75) is 11.6 Å². The molecule has 0 saturated heterocycles. The first-order valence-corrected chi connectivity index (χ1v) is 9.54. The van der Waals surface area contributed by atoms with E-state index < -0.39 is 5.82 Å². The summed E-state index contributed by atoms with van der Waals surface area (Å²) in [5.41, 5.74) is 1.83. The van der Waals surface area contributed by atoms with E-state index in [1.807, 2.05) is 23.8 Å². The average molecular weight is 403 g/mol. The minimum Gasteiger partial charge on any atom is -0.322 e. The number of amides is 1.